The number of carbonyl (C=O) groups is 2. The van der Waals surface area contributed by atoms with Crippen LogP contribution in [0.3, 0.4) is 0 Å². The summed E-state index contributed by atoms with van der Waals surface area (Å²) in [7, 11) is 0. The number of hydrogen-bond donors (Lipinski definition) is 0. The van der Waals surface area contributed by atoms with Gasteiger partial charge < -0.3 is 0 Å². The second-order valence-corrected chi connectivity index (χ2v) is 2.75. The summed E-state index contributed by atoms with van der Waals surface area (Å²) < 4.78 is 0. The molecule has 0 aliphatic heterocycles. The van der Waals surface area contributed by atoms with Crippen LogP contribution in [0.1, 0.15) is 26.7 Å². The predicted molar refractivity (Wildman–Crippen MR) is 48.9 cm³/mol. The first-order chi connectivity index (χ1) is 5.70. The lowest BCUT2D eigenvalue weighted by molar-refractivity contribution is -0.105. The fourth-order valence-electron chi connectivity index (χ4n) is 0.775. The van der Waals surface area contributed by atoms with E-state index < -0.39 is 0 Å². The Labute approximate surface area is 73.0 Å². The fourth-order valence-corrected chi connectivity index (χ4v) is 0.775. The van der Waals surface area contributed by atoms with Gasteiger partial charge in [-0.05, 0) is 38.3 Å². The van der Waals surface area contributed by atoms with Crippen LogP contribution in [0.15, 0.2) is 23.3 Å². The largest absolute Gasteiger partial charge is 0.299 e. The Balaban J connectivity index is 3.76. The molecule has 0 saturated heterocycles. The lowest BCUT2D eigenvalue weighted by Gasteiger charge is -1.94. The molecule has 0 saturated carbocycles. The molecule has 0 aromatic rings. The molecule has 0 aliphatic rings. The minimum atomic E-state index is 0.744. The van der Waals surface area contributed by atoms with Crippen molar-refractivity contribution in [3.63, 3.8) is 0 Å². The summed E-state index contributed by atoms with van der Waals surface area (Å²) >= 11 is 0. The van der Waals surface area contributed by atoms with Gasteiger partial charge in [0.15, 0.2) is 0 Å². The summed E-state index contributed by atoms with van der Waals surface area (Å²) in [6, 6.07) is 0. The Morgan fingerprint density at radius 1 is 1.25 bits per heavy atom. The minimum Gasteiger partial charge on any atom is -0.299 e. The maximum Gasteiger partial charge on any atom is 0.145 e. The van der Waals surface area contributed by atoms with E-state index in [1.54, 1.807) is 13.0 Å². The van der Waals surface area contributed by atoms with Gasteiger partial charge in [-0.3, -0.25) is 9.59 Å². The van der Waals surface area contributed by atoms with Gasteiger partial charge in [-0.15, -0.1) is 0 Å². The van der Waals surface area contributed by atoms with Crippen molar-refractivity contribution in [1.82, 2.24) is 0 Å². The Bertz CT molecular complexity index is 212. The number of hydrogen-bond acceptors (Lipinski definition) is 2. The van der Waals surface area contributed by atoms with Crippen LogP contribution in [0.2, 0.25) is 0 Å². The van der Waals surface area contributed by atoms with Gasteiger partial charge in [0.1, 0.15) is 12.6 Å². The van der Waals surface area contributed by atoms with Gasteiger partial charge in [-0.2, -0.15) is 0 Å². The monoisotopic (exact) mass is 166 g/mol. The second kappa shape index (κ2) is 6.53. The first-order valence-corrected chi connectivity index (χ1v) is 3.93. The molecular formula is C10H14O2. The average molecular weight is 166 g/mol. The summed E-state index contributed by atoms with van der Waals surface area (Å²) in [5, 5.41) is 0. The molecule has 0 atom stereocenters. The van der Waals surface area contributed by atoms with Crippen molar-refractivity contribution in [2.45, 2.75) is 26.7 Å². The summed E-state index contributed by atoms with van der Waals surface area (Å²) in [5.74, 6) is 0. The Kier molecular flexibility index (Phi) is 5.88. The maximum absolute atomic E-state index is 10.2. The van der Waals surface area contributed by atoms with Crippen molar-refractivity contribution in [2.24, 2.45) is 0 Å². The van der Waals surface area contributed by atoms with Crippen LogP contribution in [-0.4, -0.2) is 12.6 Å². The molecule has 0 amide bonds. The van der Waals surface area contributed by atoms with Crippen LogP contribution in [0, 0.1) is 0 Å². The van der Waals surface area contributed by atoms with E-state index in [1.165, 1.54) is 0 Å². The molecule has 12 heavy (non-hydrogen) atoms. The van der Waals surface area contributed by atoms with Gasteiger partial charge in [-0.1, -0.05) is 11.6 Å². The van der Waals surface area contributed by atoms with E-state index >= 15 is 0 Å². The van der Waals surface area contributed by atoms with Gasteiger partial charge in [0, 0.05) is 0 Å². The highest BCUT2D eigenvalue weighted by Gasteiger charge is 1.88. The number of rotatable bonds is 5. The zero-order valence-corrected chi connectivity index (χ0v) is 7.54. The molecule has 66 valence electrons. The number of allylic oxidation sites excluding steroid dienone is 4. The molecule has 0 bridgehead atoms. The van der Waals surface area contributed by atoms with Gasteiger partial charge in [0.05, 0.1) is 0 Å². The molecule has 0 aromatic heterocycles. The third kappa shape index (κ3) is 5.59. The van der Waals surface area contributed by atoms with Crippen LogP contribution < -0.4 is 0 Å². The fraction of sp³-hybridized carbons (Fsp3) is 0.400. The molecule has 2 heteroatoms. The summed E-state index contributed by atoms with van der Waals surface area (Å²) in [4.78, 5) is 20.2. The molecule has 0 unspecified atom stereocenters. The molecule has 0 N–H and O–H groups in total. The smallest absolute Gasteiger partial charge is 0.145 e. The topological polar surface area (TPSA) is 34.1 Å². The minimum absolute atomic E-state index is 0.744. The zero-order chi connectivity index (χ0) is 9.40. The van der Waals surface area contributed by atoms with Crippen molar-refractivity contribution in [2.75, 3.05) is 0 Å². The Morgan fingerprint density at radius 2 is 1.92 bits per heavy atom. The van der Waals surface area contributed by atoms with E-state index in [2.05, 4.69) is 0 Å². The molecule has 0 rings (SSSR count). The van der Waals surface area contributed by atoms with Crippen molar-refractivity contribution in [3.8, 4) is 0 Å². The molecule has 0 radical (unpaired) electrons. The average Bonchev–Trinajstić information content (AvgIpc) is 2.04. The van der Waals surface area contributed by atoms with E-state index in [4.69, 9.17) is 0 Å². The van der Waals surface area contributed by atoms with Gasteiger partial charge in [-0.25, -0.2) is 0 Å². The van der Waals surface area contributed by atoms with E-state index in [0.29, 0.717) is 0 Å². The van der Waals surface area contributed by atoms with Gasteiger partial charge in [0.2, 0.25) is 0 Å². The number of aldehydes is 2. The normalized spacial score (nSPS) is 12.8. The Morgan fingerprint density at radius 3 is 2.42 bits per heavy atom. The van der Waals surface area contributed by atoms with Crippen molar-refractivity contribution < 1.29 is 9.59 Å². The zero-order valence-electron chi connectivity index (χ0n) is 7.54. The lowest BCUT2D eigenvalue weighted by atomic mass is 10.1. The van der Waals surface area contributed by atoms with Crippen molar-refractivity contribution >= 4 is 12.6 Å². The molecule has 2 nitrogen and oxygen atoms in total. The maximum atomic E-state index is 10.2. The highest BCUT2D eigenvalue weighted by molar-refractivity contribution is 5.71. The first kappa shape index (κ1) is 10.8. The highest BCUT2D eigenvalue weighted by Crippen LogP contribution is 2.04. The predicted octanol–water partition coefficient (Wildman–Crippen LogP) is 2.06. The second-order valence-electron chi connectivity index (χ2n) is 2.75. The molecule has 0 aliphatic carbocycles. The van der Waals surface area contributed by atoms with E-state index in [-0.39, 0.29) is 0 Å². The van der Waals surface area contributed by atoms with Crippen LogP contribution in [-0.2, 0) is 9.59 Å². The Hall–Kier alpha value is -1.18. The molecule has 0 spiro atoms. The van der Waals surface area contributed by atoms with Gasteiger partial charge in [0.25, 0.3) is 0 Å². The molecular weight excluding hydrogens is 152 g/mol. The quantitative estimate of drug-likeness (QED) is 0.462. The molecule has 0 heterocycles. The standard InChI is InChI=1S/C10H14O2/c1-9(6-7-11)4-3-5-10(2)8-12/h5-8H,3-4H2,1-2H3/b9-6-,10-5+. The van der Waals surface area contributed by atoms with Crippen LogP contribution >= 0.6 is 0 Å². The van der Waals surface area contributed by atoms with E-state index in [0.717, 1.165) is 36.6 Å². The third-order valence-corrected chi connectivity index (χ3v) is 1.54. The summed E-state index contributed by atoms with van der Waals surface area (Å²) in [6.45, 7) is 3.67. The summed E-state index contributed by atoms with van der Waals surface area (Å²) in [5.41, 5.74) is 1.79. The van der Waals surface area contributed by atoms with Crippen molar-refractivity contribution in [3.05, 3.63) is 23.3 Å². The first-order valence-electron chi connectivity index (χ1n) is 3.93. The third-order valence-electron chi connectivity index (χ3n) is 1.54. The summed E-state index contributed by atoms with van der Waals surface area (Å²) in [6.07, 6.45) is 6.69. The lowest BCUT2D eigenvalue weighted by Crippen LogP contribution is -1.80. The van der Waals surface area contributed by atoms with E-state index in [9.17, 15) is 9.59 Å². The number of carbonyl (C=O) groups excluding carboxylic acids is 2. The van der Waals surface area contributed by atoms with Gasteiger partial charge >= 0.3 is 0 Å². The SMILES string of the molecule is C/C(=C/C=O)CC/C=C(\C)C=O. The van der Waals surface area contributed by atoms with Crippen LogP contribution in [0.4, 0.5) is 0 Å². The highest BCUT2D eigenvalue weighted by atomic mass is 16.1. The van der Waals surface area contributed by atoms with Crippen molar-refractivity contribution in [1.29, 1.82) is 0 Å². The van der Waals surface area contributed by atoms with E-state index in [1.807, 2.05) is 13.0 Å². The van der Waals surface area contributed by atoms with Crippen LogP contribution in [0.25, 0.3) is 0 Å². The van der Waals surface area contributed by atoms with Crippen LogP contribution in [0.5, 0.6) is 0 Å². The molecule has 0 fully saturated rings. The molecule has 0 aromatic carbocycles.